The van der Waals surface area contributed by atoms with Crippen molar-refractivity contribution in [2.24, 2.45) is 0 Å². The molecular formula is C26H33ClN2O3. The van der Waals surface area contributed by atoms with E-state index in [-0.39, 0.29) is 24.5 Å². The van der Waals surface area contributed by atoms with Crippen LogP contribution in [-0.4, -0.2) is 35.4 Å². The van der Waals surface area contributed by atoms with Crippen LogP contribution < -0.4 is 10.1 Å². The molecule has 32 heavy (non-hydrogen) atoms. The van der Waals surface area contributed by atoms with E-state index in [0.717, 1.165) is 42.4 Å². The van der Waals surface area contributed by atoms with Crippen LogP contribution in [0, 0.1) is 13.8 Å². The fraction of sp³-hybridized carbons (Fsp3) is 0.462. The third-order valence-corrected chi connectivity index (χ3v) is 6.19. The van der Waals surface area contributed by atoms with Gasteiger partial charge in [0.2, 0.25) is 5.91 Å². The number of hydrogen-bond donors (Lipinski definition) is 1. The molecule has 1 N–H and O–H groups in total. The normalized spacial score (nSPS) is 15.1. The maximum Gasteiger partial charge on any atom is 0.261 e. The number of halogens is 1. The van der Waals surface area contributed by atoms with Crippen LogP contribution in [0.15, 0.2) is 42.5 Å². The van der Waals surface area contributed by atoms with E-state index in [1.165, 1.54) is 6.42 Å². The fourth-order valence-corrected chi connectivity index (χ4v) is 4.31. The van der Waals surface area contributed by atoms with Gasteiger partial charge in [0, 0.05) is 17.6 Å². The van der Waals surface area contributed by atoms with Gasteiger partial charge in [-0.05, 0) is 74.6 Å². The zero-order chi connectivity index (χ0) is 23.1. The van der Waals surface area contributed by atoms with Crippen LogP contribution in [0.3, 0.4) is 0 Å². The van der Waals surface area contributed by atoms with E-state index in [1.807, 2.05) is 38.1 Å². The SMILES string of the molecule is Cc1cc(C)cc(OCC(=O)N(Cc2ccc(Cl)cc2)[C@H](C)C(=O)NC2CCCCC2)c1. The van der Waals surface area contributed by atoms with Gasteiger partial charge in [-0.25, -0.2) is 0 Å². The number of nitrogens with one attached hydrogen (secondary N) is 1. The molecule has 1 atom stereocenters. The summed E-state index contributed by atoms with van der Waals surface area (Å²) in [5.74, 6) is 0.303. The van der Waals surface area contributed by atoms with E-state index in [2.05, 4.69) is 11.4 Å². The van der Waals surface area contributed by atoms with Crippen molar-refractivity contribution in [1.82, 2.24) is 10.2 Å². The summed E-state index contributed by atoms with van der Waals surface area (Å²) < 4.78 is 5.80. The van der Waals surface area contributed by atoms with Crippen molar-refractivity contribution >= 4 is 23.4 Å². The zero-order valence-corrected chi connectivity index (χ0v) is 20.0. The molecule has 172 valence electrons. The van der Waals surface area contributed by atoms with E-state index < -0.39 is 6.04 Å². The molecule has 0 spiro atoms. The molecule has 2 aromatic rings. The molecule has 0 heterocycles. The molecule has 2 aromatic carbocycles. The summed E-state index contributed by atoms with van der Waals surface area (Å²) in [5, 5.41) is 3.78. The minimum absolute atomic E-state index is 0.120. The lowest BCUT2D eigenvalue weighted by atomic mass is 9.95. The van der Waals surface area contributed by atoms with Gasteiger partial charge in [-0.15, -0.1) is 0 Å². The number of aryl methyl sites for hydroxylation is 2. The molecule has 0 bridgehead atoms. The molecule has 1 saturated carbocycles. The van der Waals surface area contributed by atoms with Crippen molar-refractivity contribution in [1.29, 1.82) is 0 Å². The number of benzene rings is 2. The van der Waals surface area contributed by atoms with E-state index >= 15 is 0 Å². The Morgan fingerprint density at radius 3 is 2.31 bits per heavy atom. The summed E-state index contributed by atoms with van der Waals surface area (Å²) in [7, 11) is 0. The Balaban J connectivity index is 1.71. The van der Waals surface area contributed by atoms with Crippen LogP contribution in [0.4, 0.5) is 0 Å². The molecule has 2 amide bonds. The van der Waals surface area contributed by atoms with Gasteiger partial charge in [0.05, 0.1) is 0 Å². The van der Waals surface area contributed by atoms with Gasteiger partial charge in [-0.2, -0.15) is 0 Å². The summed E-state index contributed by atoms with van der Waals surface area (Å²) in [4.78, 5) is 27.8. The highest BCUT2D eigenvalue weighted by Crippen LogP contribution is 2.20. The Bertz CT molecular complexity index is 903. The van der Waals surface area contributed by atoms with Crippen molar-refractivity contribution in [3.8, 4) is 5.75 Å². The number of amides is 2. The second kappa shape index (κ2) is 11.4. The average Bonchev–Trinajstić information content (AvgIpc) is 2.76. The lowest BCUT2D eigenvalue weighted by Crippen LogP contribution is -2.51. The molecule has 0 radical (unpaired) electrons. The summed E-state index contributed by atoms with van der Waals surface area (Å²) >= 11 is 6.01. The number of carbonyl (C=O) groups is 2. The zero-order valence-electron chi connectivity index (χ0n) is 19.2. The third-order valence-electron chi connectivity index (χ3n) is 5.94. The van der Waals surface area contributed by atoms with Crippen LogP contribution in [0.1, 0.15) is 55.7 Å². The van der Waals surface area contributed by atoms with Gasteiger partial charge in [0.15, 0.2) is 6.61 Å². The minimum Gasteiger partial charge on any atom is -0.484 e. The van der Waals surface area contributed by atoms with Crippen LogP contribution >= 0.6 is 11.6 Å². The predicted octanol–water partition coefficient (Wildman–Crippen LogP) is 5.20. The van der Waals surface area contributed by atoms with E-state index in [9.17, 15) is 9.59 Å². The van der Waals surface area contributed by atoms with Gasteiger partial charge in [-0.3, -0.25) is 9.59 Å². The minimum atomic E-state index is -0.608. The topological polar surface area (TPSA) is 58.6 Å². The second-order valence-electron chi connectivity index (χ2n) is 8.78. The van der Waals surface area contributed by atoms with Gasteiger partial charge >= 0.3 is 0 Å². The molecular weight excluding hydrogens is 424 g/mol. The maximum atomic E-state index is 13.2. The molecule has 0 aliphatic heterocycles. The molecule has 0 unspecified atom stereocenters. The van der Waals surface area contributed by atoms with Crippen LogP contribution in [0.5, 0.6) is 5.75 Å². The quantitative estimate of drug-likeness (QED) is 0.593. The first kappa shape index (κ1) is 24.1. The molecule has 1 aliphatic carbocycles. The third kappa shape index (κ3) is 6.99. The van der Waals surface area contributed by atoms with Crippen LogP contribution in [-0.2, 0) is 16.1 Å². The summed E-state index contributed by atoms with van der Waals surface area (Å²) in [6, 6.07) is 12.8. The first-order chi connectivity index (χ1) is 15.3. The van der Waals surface area contributed by atoms with Gasteiger partial charge in [-0.1, -0.05) is 49.1 Å². The number of rotatable bonds is 8. The highest BCUT2D eigenvalue weighted by Gasteiger charge is 2.28. The molecule has 1 fully saturated rings. The second-order valence-corrected chi connectivity index (χ2v) is 9.22. The predicted molar refractivity (Wildman–Crippen MR) is 128 cm³/mol. The monoisotopic (exact) mass is 456 g/mol. The van der Waals surface area contributed by atoms with Crippen molar-refractivity contribution in [2.75, 3.05) is 6.61 Å². The Kier molecular flexibility index (Phi) is 8.57. The molecule has 0 saturated heterocycles. The number of nitrogens with zero attached hydrogens (tertiary/aromatic N) is 1. The standard InChI is InChI=1S/C26H33ClN2O3/c1-18-13-19(2)15-24(14-18)32-17-25(30)29(16-21-9-11-22(27)12-10-21)20(3)26(31)28-23-7-5-4-6-8-23/h9-15,20,23H,4-8,16-17H2,1-3H3,(H,28,31)/t20-/m1/s1. The first-order valence-corrected chi connectivity index (χ1v) is 11.7. The fourth-order valence-electron chi connectivity index (χ4n) is 4.18. The Hall–Kier alpha value is -2.53. The molecule has 3 rings (SSSR count). The highest BCUT2D eigenvalue weighted by molar-refractivity contribution is 6.30. The number of carbonyl (C=O) groups excluding carboxylic acids is 2. The van der Waals surface area contributed by atoms with E-state index in [4.69, 9.17) is 16.3 Å². The van der Waals surface area contributed by atoms with E-state index in [1.54, 1.807) is 24.0 Å². The molecule has 5 nitrogen and oxygen atoms in total. The van der Waals surface area contributed by atoms with Gasteiger partial charge in [0.25, 0.3) is 5.91 Å². The molecule has 1 aliphatic rings. The Morgan fingerprint density at radius 1 is 1.06 bits per heavy atom. The van der Waals surface area contributed by atoms with Crippen LogP contribution in [0.2, 0.25) is 5.02 Å². The Labute approximate surface area is 196 Å². The summed E-state index contributed by atoms with van der Waals surface area (Å²) in [5.41, 5.74) is 3.06. The Morgan fingerprint density at radius 2 is 1.69 bits per heavy atom. The average molecular weight is 457 g/mol. The maximum absolute atomic E-state index is 13.2. The number of ether oxygens (including phenoxy) is 1. The van der Waals surface area contributed by atoms with Crippen molar-refractivity contribution in [2.45, 2.75) is 71.5 Å². The van der Waals surface area contributed by atoms with E-state index in [0.29, 0.717) is 17.3 Å². The lowest BCUT2D eigenvalue weighted by Gasteiger charge is -2.31. The molecule has 0 aromatic heterocycles. The van der Waals surface area contributed by atoms with Gasteiger partial charge < -0.3 is 15.0 Å². The number of hydrogen-bond acceptors (Lipinski definition) is 3. The largest absolute Gasteiger partial charge is 0.484 e. The first-order valence-electron chi connectivity index (χ1n) is 11.4. The highest BCUT2D eigenvalue weighted by atomic mass is 35.5. The van der Waals surface area contributed by atoms with Crippen molar-refractivity contribution in [3.05, 3.63) is 64.2 Å². The smallest absolute Gasteiger partial charge is 0.261 e. The lowest BCUT2D eigenvalue weighted by molar-refractivity contribution is -0.142. The summed E-state index contributed by atoms with van der Waals surface area (Å²) in [6.45, 7) is 5.95. The van der Waals surface area contributed by atoms with Gasteiger partial charge in [0.1, 0.15) is 11.8 Å². The molecule has 6 heteroatoms. The van der Waals surface area contributed by atoms with Crippen LogP contribution in [0.25, 0.3) is 0 Å². The van der Waals surface area contributed by atoms with Crippen molar-refractivity contribution < 1.29 is 14.3 Å². The summed E-state index contributed by atoms with van der Waals surface area (Å²) in [6.07, 6.45) is 5.49. The van der Waals surface area contributed by atoms with Crippen molar-refractivity contribution in [3.63, 3.8) is 0 Å².